The molecule has 0 radical (unpaired) electrons. The molecule has 15 heavy (non-hydrogen) atoms. The molecule has 2 rings (SSSR count). The first-order chi connectivity index (χ1) is 7.06. The summed E-state index contributed by atoms with van der Waals surface area (Å²) in [5, 5.41) is 4.12. The van der Waals surface area contributed by atoms with Crippen molar-refractivity contribution in [3.63, 3.8) is 0 Å². The summed E-state index contributed by atoms with van der Waals surface area (Å²) < 4.78 is 28.0. The maximum atomic E-state index is 11.9. The van der Waals surface area contributed by atoms with Crippen molar-refractivity contribution in [2.24, 2.45) is 0 Å². The molecular formula is C8H12IN3O2S. The summed E-state index contributed by atoms with van der Waals surface area (Å²) in [7, 11) is -3.15. The fraction of sp³-hybridized carbons (Fsp3) is 0.625. The Morgan fingerprint density at radius 3 is 2.93 bits per heavy atom. The number of halogens is 1. The maximum absolute atomic E-state index is 11.9. The number of hydrogen-bond donors (Lipinski definition) is 0. The predicted molar refractivity (Wildman–Crippen MR) is 66.4 cm³/mol. The van der Waals surface area contributed by atoms with Crippen LogP contribution >= 0.6 is 22.6 Å². The van der Waals surface area contributed by atoms with Crippen LogP contribution in [0.15, 0.2) is 6.20 Å². The molecule has 1 aliphatic heterocycles. The highest BCUT2D eigenvalue weighted by Gasteiger charge is 2.31. The van der Waals surface area contributed by atoms with Gasteiger partial charge in [-0.1, -0.05) is 6.92 Å². The highest BCUT2D eigenvalue weighted by atomic mass is 127. The molecule has 2 heterocycles. The van der Waals surface area contributed by atoms with Crippen molar-refractivity contribution in [2.45, 2.75) is 19.9 Å². The third-order valence-electron chi connectivity index (χ3n) is 2.32. The largest absolute Gasteiger partial charge is 0.251 e. The molecule has 0 aromatic carbocycles. The van der Waals surface area contributed by atoms with Gasteiger partial charge in [0.15, 0.2) is 5.82 Å². The van der Waals surface area contributed by atoms with Gasteiger partial charge in [0.25, 0.3) is 0 Å². The van der Waals surface area contributed by atoms with E-state index in [0.29, 0.717) is 19.5 Å². The second-order valence-electron chi connectivity index (χ2n) is 3.43. The Hall–Kier alpha value is -0.310. The van der Waals surface area contributed by atoms with Crippen LogP contribution in [0.25, 0.3) is 0 Å². The average Bonchev–Trinajstić information content (AvgIpc) is 2.69. The number of rotatable bonds is 3. The van der Waals surface area contributed by atoms with Crippen LogP contribution in [-0.4, -0.2) is 30.5 Å². The van der Waals surface area contributed by atoms with Gasteiger partial charge in [-0.3, -0.25) is 4.31 Å². The van der Waals surface area contributed by atoms with Gasteiger partial charge < -0.3 is 0 Å². The number of sulfonamides is 1. The molecule has 0 aliphatic carbocycles. The van der Waals surface area contributed by atoms with Crippen LogP contribution < -0.4 is 4.31 Å². The Labute approximate surface area is 103 Å². The maximum Gasteiger partial charge on any atom is 0.236 e. The van der Waals surface area contributed by atoms with Gasteiger partial charge in [0.1, 0.15) is 0 Å². The molecule has 0 spiro atoms. The Morgan fingerprint density at radius 2 is 2.27 bits per heavy atom. The van der Waals surface area contributed by atoms with Crippen molar-refractivity contribution in [3.8, 4) is 0 Å². The van der Waals surface area contributed by atoms with Crippen molar-refractivity contribution in [3.05, 3.63) is 9.77 Å². The van der Waals surface area contributed by atoms with Gasteiger partial charge >= 0.3 is 0 Å². The molecule has 84 valence electrons. The van der Waals surface area contributed by atoms with E-state index in [2.05, 4.69) is 27.7 Å². The number of aromatic nitrogens is 2. The molecule has 0 saturated carbocycles. The van der Waals surface area contributed by atoms with E-state index in [-0.39, 0.29) is 5.75 Å². The number of fused-ring (bicyclic) bond motifs is 1. The third-order valence-corrected chi connectivity index (χ3v) is 5.03. The van der Waals surface area contributed by atoms with Crippen LogP contribution in [-0.2, 0) is 16.6 Å². The third kappa shape index (κ3) is 1.86. The molecule has 0 saturated heterocycles. The van der Waals surface area contributed by atoms with Gasteiger partial charge in [-0.05, 0) is 29.0 Å². The van der Waals surface area contributed by atoms with Gasteiger partial charge in [0, 0.05) is 0 Å². The summed E-state index contributed by atoms with van der Waals surface area (Å²) in [5.74, 6) is 0.929. The van der Waals surface area contributed by atoms with E-state index in [1.165, 1.54) is 4.31 Å². The fourth-order valence-corrected chi connectivity index (χ4v) is 4.11. The van der Waals surface area contributed by atoms with E-state index < -0.39 is 10.0 Å². The Bertz CT molecular complexity index is 468. The summed E-state index contributed by atoms with van der Waals surface area (Å²) in [5.41, 5.74) is 0. The summed E-state index contributed by atoms with van der Waals surface area (Å²) in [4.78, 5) is 0. The second-order valence-corrected chi connectivity index (χ2v) is 6.60. The van der Waals surface area contributed by atoms with Crippen LogP contribution in [0.3, 0.4) is 0 Å². The molecule has 0 amide bonds. The molecule has 1 aliphatic rings. The summed E-state index contributed by atoms with van der Waals surface area (Å²) in [6.45, 7) is 3.04. The minimum atomic E-state index is -3.15. The smallest absolute Gasteiger partial charge is 0.236 e. The van der Waals surface area contributed by atoms with Gasteiger partial charge in [0.2, 0.25) is 10.0 Å². The zero-order valence-electron chi connectivity index (χ0n) is 8.35. The average molecular weight is 341 g/mol. The lowest BCUT2D eigenvalue weighted by atomic mass is 10.6. The van der Waals surface area contributed by atoms with Crippen LogP contribution in [0.2, 0.25) is 0 Å². The van der Waals surface area contributed by atoms with Crippen LogP contribution in [0.1, 0.15) is 13.3 Å². The minimum Gasteiger partial charge on any atom is -0.251 e. The van der Waals surface area contributed by atoms with Gasteiger partial charge in [-0.25, -0.2) is 13.1 Å². The molecule has 5 nitrogen and oxygen atoms in total. The van der Waals surface area contributed by atoms with Crippen LogP contribution in [0.5, 0.6) is 0 Å². The first-order valence-electron chi connectivity index (χ1n) is 4.78. The highest BCUT2D eigenvalue weighted by Crippen LogP contribution is 2.29. The zero-order valence-corrected chi connectivity index (χ0v) is 11.3. The topological polar surface area (TPSA) is 55.2 Å². The Balaban J connectivity index is 2.39. The minimum absolute atomic E-state index is 0.203. The van der Waals surface area contributed by atoms with Gasteiger partial charge in [-0.15, -0.1) is 0 Å². The molecule has 0 atom stereocenters. The molecule has 1 aromatic heterocycles. The molecule has 0 bridgehead atoms. The highest BCUT2D eigenvalue weighted by molar-refractivity contribution is 14.1. The van der Waals surface area contributed by atoms with E-state index in [1.54, 1.807) is 10.9 Å². The van der Waals surface area contributed by atoms with Crippen molar-refractivity contribution in [2.75, 3.05) is 16.6 Å². The van der Waals surface area contributed by atoms with Crippen molar-refractivity contribution in [1.29, 1.82) is 0 Å². The van der Waals surface area contributed by atoms with Crippen LogP contribution in [0.4, 0.5) is 5.82 Å². The van der Waals surface area contributed by atoms with E-state index in [1.807, 2.05) is 6.92 Å². The Kier molecular flexibility index (Phi) is 2.93. The molecule has 0 unspecified atom stereocenters. The summed E-state index contributed by atoms with van der Waals surface area (Å²) >= 11 is 2.12. The zero-order chi connectivity index (χ0) is 11.1. The molecule has 0 N–H and O–H groups in total. The lowest BCUT2D eigenvalue weighted by molar-refractivity contribution is 0.590. The monoisotopic (exact) mass is 341 g/mol. The van der Waals surface area contributed by atoms with Crippen molar-refractivity contribution < 1.29 is 8.42 Å². The quantitative estimate of drug-likeness (QED) is 0.773. The fourth-order valence-electron chi connectivity index (χ4n) is 1.70. The molecule has 1 aromatic rings. The van der Waals surface area contributed by atoms with E-state index >= 15 is 0 Å². The standard InChI is InChI=1S/C8H12IN3O2S/c1-2-5-15(13,14)12-4-3-11-8(12)7(9)6-10-11/h6H,2-5H2,1H3. The van der Waals surface area contributed by atoms with E-state index in [4.69, 9.17) is 0 Å². The first-order valence-corrected chi connectivity index (χ1v) is 7.47. The summed E-state index contributed by atoms with van der Waals surface area (Å²) in [6.07, 6.45) is 2.34. The van der Waals surface area contributed by atoms with E-state index in [0.717, 1.165) is 9.39 Å². The second kappa shape index (κ2) is 3.93. The van der Waals surface area contributed by atoms with Gasteiger partial charge in [0.05, 0.1) is 28.6 Å². The SMILES string of the molecule is CCCS(=O)(=O)N1CCn2ncc(I)c21. The number of nitrogens with zero attached hydrogens (tertiary/aromatic N) is 3. The predicted octanol–water partition coefficient (Wildman–Crippen LogP) is 1.05. The first kappa shape index (κ1) is 11.2. The lowest BCUT2D eigenvalue weighted by Crippen LogP contribution is -2.31. The summed E-state index contributed by atoms with van der Waals surface area (Å²) in [6, 6.07) is 0. The molecule has 7 heteroatoms. The lowest BCUT2D eigenvalue weighted by Gasteiger charge is -2.17. The number of anilines is 1. The Morgan fingerprint density at radius 1 is 1.53 bits per heavy atom. The molecular weight excluding hydrogens is 329 g/mol. The van der Waals surface area contributed by atoms with Crippen LogP contribution in [0, 0.1) is 3.57 Å². The number of hydrogen-bond acceptors (Lipinski definition) is 3. The van der Waals surface area contributed by atoms with E-state index in [9.17, 15) is 8.42 Å². The molecule has 0 fully saturated rings. The normalized spacial score (nSPS) is 15.7. The van der Waals surface area contributed by atoms with Crippen molar-refractivity contribution >= 4 is 38.4 Å². The van der Waals surface area contributed by atoms with Gasteiger partial charge in [-0.2, -0.15) is 5.10 Å². The van der Waals surface area contributed by atoms with Crippen molar-refractivity contribution in [1.82, 2.24) is 9.78 Å².